The number of hydrogen-bond donors (Lipinski definition) is 2. The first-order valence-corrected chi connectivity index (χ1v) is 6.79. The fourth-order valence-corrected chi connectivity index (χ4v) is 2.02. The van der Waals surface area contributed by atoms with Crippen LogP contribution in [0.25, 0.3) is 0 Å². The molecular formula is C15H15BrN2O. The molecule has 0 saturated carbocycles. The predicted octanol–water partition coefficient (Wildman–Crippen LogP) is 3.81. The molecule has 0 aliphatic carbocycles. The van der Waals surface area contributed by atoms with Gasteiger partial charge in [-0.1, -0.05) is 39.7 Å². The summed E-state index contributed by atoms with van der Waals surface area (Å²) < 4.78 is 0.941. The summed E-state index contributed by atoms with van der Waals surface area (Å²) in [6.45, 7) is 2.28. The summed E-state index contributed by atoms with van der Waals surface area (Å²) in [7, 11) is 0. The molecular weight excluding hydrogens is 304 g/mol. The molecule has 0 bridgehead atoms. The van der Waals surface area contributed by atoms with Crippen LogP contribution in [0.15, 0.2) is 53.0 Å². The number of hydrogen-bond acceptors (Lipinski definition) is 2. The lowest BCUT2D eigenvalue weighted by atomic mass is 10.2. The van der Waals surface area contributed by atoms with E-state index < -0.39 is 0 Å². The smallest absolute Gasteiger partial charge is 0.243 e. The molecule has 0 unspecified atom stereocenters. The van der Waals surface area contributed by atoms with Crippen LogP contribution in [-0.4, -0.2) is 12.5 Å². The van der Waals surface area contributed by atoms with Gasteiger partial charge in [0.05, 0.1) is 6.54 Å². The van der Waals surface area contributed by atoms with Gasteiger partial charge in [0, 0.05) is 15.8 Å². The molecule has 0 radical (unpaired) electrons. The predicted molar refractivity (Wildman–Crippen MR) is 82.4 cm³/mol. The van der Waals surface area contributed by atoms with Gasteiger partial charge in [-0.15, -0.1) is 0 Å². The van der Waals surface area contributed by atoms with Crippen LogP contribution >= 0.6 is 15.9 Å². The van der Waals surface area contributed by atoms with E-state index in [0.717, 1.165) is 15.8 Å². The molecule has 2 rings (SSSR count). The first kappa shape index (κ1) is 13.6. The molecule has 2 aromatic rings. The number of carbonyl (C=O) groups is 1. The Hall–Kier alpha value is -1.81. The summed E-state index contributed by atoms with van der Waals surface area (Å²) >= 11 is 3.37. The summed E-state index contributed by atoms with van der Waals surface area (Å²) in [4.78, 5) is 11.8. The van der Waals surface area contributed by atoms with Crippen LogP contribution in [-0.2, 0) is 4.79 Å². The lowest BCUT2D eigenvalue weighted by Gasteiger charge is -2.08. The van der Waals surface area contributed by atoms with Crippen molar-refractivity contribution < 1.29 is 4.79 Å². The lowest BCUT2D eigenvalue weighted by molar-refractivity contribution is -0.114. The molecule has 98 valence electrons. The molecule has 0 aliphatic heterocycles. The van der Waals surface area contributed by atoms with Crippen LogP contribution in [0.1, 0.15) is 5.56 Å². The minimum Gasteiger partial charge on any atom is -0.376 e. The third kappa shape index (κ3) is 4.41. The van der Waals surface area contributed by atoms with Crippen molar-refractivity contribution in [3.63, 3.8) is 0 Å². The Morgan fingerprint density at radius 1 is 1.11 bits per heavy atom. The third-order valence-corrected chi connectivity index (χ3v) is 3.11. The van der Waals surface area contributed by atoms with Crippen molar-refractivity contribution in [1.29, 1.82) is 0 Å². The molecule has 0 fully saturated rings. The summed E-state index contributed by atoms with van der Waals surface area (Å²) in [5, 5.41) is 5.92. The minimum absolute atomic E-state index is 0.0707. The summed E-state index contributed by atoms with van der Waals surface area (Å²) in [6.07, 6.45) is 0. The molecule has 0 aromatic heterocycles. The number of nitrogens with one attached hydrogen (secondary N) is 2. The summed E-state index contributed by atoms with van der Waals surface area (Å²) in [5.74, 6) is -0.0707. The number of halogens is 1. The highest BCUT2D eigenvalue weighted by atomic mass is 79.9. The van der Waals surface area contributed by atoms with E-state index in [4.69, 9.17) is 0 Å². The van der Waals surface area contributed by atoms with Crippen molar-refractivity contribution >= 4 is 33.2 Å². The van der Waals surface area contributed by atoms with Gasteiger partial charge in [-0.05, 0) is 37.3 Å². The van der Waals surface area contributed by atoms with E-state index in [1.54, 1.807) is 0 Å². The molecule has 4 heteroatoms. The topological polar surface area (TPSA) is 41.1 Å². The van der Waals surface area contributed by atoms with Gasteiger partial charge in [-0.3, -0.25) is 4.79 Å². The Morgan fingerprint density at radius 3 is 2.53 bits per heavy atom. The molecule has 3 nitrogen and oxygen atoms in total. The molecule has 0 heterocycles. The maximum absolute atomic E-state index is 11.8. The van der Waals surface area contributed by atoms with Gasteiger partial charge in [-0.2, -0.15) is 0 Å². The first-order chi connectivity index (χ1) is 9.13. The van der Waals surface area contributed by atoms with E-state index in [0.29, 0.717) is 0 Å². The van der Waals surface area contributed by atoms with Crippen molar-refractivity contribution in [2.24, 2.45) is 0 Å². The zero-order chi connectivity index (χ0) is 13.7. The van der Waals surface area contributed by atoms with E-state index in [1.807, 2.05) is 55.5 Å². The minimum atomic E-state index is -0.0707. The van der Waals surface area contributed by atoms with E-state index in [9.17, 15) is 4.79 Å². The molecule has 0 aliphatic rings. The number of anilines is 2. The lowest BCUT2D eigenvalue weighted by Crippen LogP contribution is -2.21. The summed E-state index contributed by atoms with van der Waals surface area (Å²) in [6, 6.07) is 15.5. The van der Waals surface area contributed by atoms with Crippen molar-refractivity contribution in [2.45, 2.75) is 6.92 Å². The molecule has 2 aromatic carbocycles. The van der Waals surface area contributed by atoms with Crippen molar-refractivity contribution in [2.75, 3.05) is 17.2 Å². The number of amides is 1. The molecule has 19 heavy (non-hydrogen) atoms. The first-order valence-electron chi connectivity index (χ1n) is 5.99. The number of carbonyl (C=O) groups excluding carboxylic acids is 1. The maximum Gasteiger partial charge on any atom is 0.243 e. The average molecular weight is 319 g/mol. The van der Waals surface area contributed by atoms with Gasteiger partial charge < -0.3 is 10.6 Å². The van der Waals surface area contributed by atoms with E-state index in [-0.39, 0.29) is 12.5 Å². The molecule has 1 amide bonds. The zero-order valence-electron chi connectivity index (χ0n) is 10.6. The quantitative estimate of drug-likeness (QED) is 0.900. The maximum atomic E-state index is 11.8. The Kier molecular flexibility index (Phi) is 4.58. The number of aryl methyl sites for hydroxylation is 1. The molecule has 0 atom stereocenters. The zero-order valence-corrected chi connectivity index (χ0v) is 12.2. The molecule has 0 spiro atoms. The SMILES string of the molecule is Cc1ccc(NCC(=O)Nc2cccc(Br)c2)cc1. The van der Waals surface area contributed by atoms with E-state index in [1.165, 1.54) is 5.56 Å². The van der Waals surface area contributed by atoms with Crippen molar-refractivity contribution in [1.82, 2.24) is 0 Å². The fourth-order valence-electron chi connectivity index (χ4n) is 1.63. The highest BCUT2D eigenvalue weighted by Crippen LogP contribution is 2.15. The van der Waals surface area contributed by atoms with Crippen molar-refractivity contribution in [3.05, 3.63) is 58.6 Å². The van der Waals surface area contributed by atoms with Crippen LogP contribution < -0.4 is 10.6 Å². The average Bonchev–Trinajstić information content (AvgIpc) is 2.38. The third-order valence-electron chi connectivity index (χ3n) is 2.61. The summed E-state index contributed by atoms with van der Waals surface area (Å²) in [5.41, 5.74) is 2.92. The Labute approximate surface area is 121 Å². The van der Waals surface area contributed by atoms with Gasteiger partial charge in [0.1, 0.15) is 0 Å². The van der Waals surface area contributed by atoms with Crippen LogP contribution in [0.4, 0.5) is 11.4 Å². The second kappa shape index (κ2) is 6.38. The fraction of sp³-hybridized carbons (Fsp3) is 0.133. The van der Waals surface area contributed by atoms with Gasteiger partial charge in [0.15, 0.2) is 0 Å². The highest BCUT2D eigenvalue weighted by molar-refractivity contribution is 9.10. The molecule has 2 N–H and O–H groups in total. The van der Waals surface area contributed by atoms with Crippen LogP contribution in [0.3, 0.4) is 0 Å². The highest BCUT2D eigenvalue weighted by Gasteiger charge is 2.02. The Balaban J connectivity index is 1.86. The normalized spacial score (nSPS) is 10.0. The van der Waals surface area contributed by atoms with Gasteiger partial charge in [0.2, 0.25) is 5.91 Å². The second-order valence-electron chi connectivity index (χ2n) is 4.28. The van der Waals surface area contributed by atoms with E-state index >= 15 is 0 Å². The van der Waals surface area contributed by atoms with Crippen LogP contribution in [0.5, 0.6) is 0 Å². The Bertz CT molecular complexity index is 567. The van der Waals surface area contributed by atoms with Crippen LogP contribution in [0, 0.1) is 6.92 Å². The van der Waals surface area contributed by atoms with Gasteiger partial charge in [-0.25, -0.2) is 0 Å². The van der Waals surface area contributed by atoms with Crippen LogP contribution in [0.2, 0.25) is 0 Å². The largest absolute Gasteiger partial charge is 0.376 e. The van der Waals surface area contributed by atoms with Gasteiger partial charge >= 0.3 is 0 Å². The van der Waals surface area contributed by atoms with Gasteiger partial charge in [0.25, 0.3) is 0 Å². The van der Waals surface area contributed by atoms with E-state index in [2.05, 4.69) is 26.6 Å². The monoisotopic (exact) mass is 318 g/mol. The second-order valence-corrected chi connectivity index (χ2v) is 5.19. The molecule has 0 saturated heterocycles. The number of benzene rings is 2. The van der Waals surface area contributed by atoms with Crippen molar-refractivity contribution in [3.8, 4) is 0 Å². The standard InChI is InChI=1S/C15H15BrN2O/c1-11-5-7-13(8-6-11)17-10-15(19)18-14-4-2-3-12(16)9-14/h2-9,17H,10H2,1H3,(H,18,19). The number of rotatable bonds is 4. The Morgan fingerprint density at radius 2 is 1.84 bits per heavy atom.